The molecule has 5 aliphatic rings. The van der Waals surface area contributed by atoms with E-state index in [1.165, 1.54) is 36.0 Å². The number of rotatable bonds is 15. The Balaban J connectivity index is 0.949. The molecule has 3 aromatic carbocycles. The van der Waals surface area contributed by atoms with Crippen LogP contribution in [0.2, 0.25) is 0 Å². The van der Waals surface area contributed by atoms with Gasteiger partial charge in [-0.25, -0.2) is 9.48 Å². The number of halogens is 1. The zero-order valence-corrected chi connectivity index (χ0v) is 38.9. The second-order valence-electron chi connectivity index (χ2n) is 18.6. The molecule has 5 fully saturated rings. The van der Waals surface area contributed by atoms with E-state index in [4.69, 9.17) is 14.0 Å². The molecule has 0 bridgehead atoms. The Morgan fingerprint density at radius 2 is 1.72 bits per heavy atom. The summed E-state index contributed by atoms with van der Waals surface area (Å²) in [6.07, 6.45) is 6.57. The number of fused-ring (bicyclic) bond motifs is 2. The standard InChI is InChI=1S/C49H59FN5O8PS/c1-4-23-62-48(59)31(2)52-64(60,63-39-13-9-6-10-14-39)44(50)33-15-20-42-34(24-33)25-43(65-42)45(56)51-40-18-16-36(53(3)38-29-61-30-38)26-37-17-19-41(55(37)46(40)57)47(58)54-28-35(27-49(54)21-22-49)32-11-7-5-8-12-32/h5-15,20,24-25,31,35-38,40-41,44H,4,16-19,21-23,26-30H2,1-3H3,(H,51,56)(H,52,60)/t31-,35-,36-,37+,40-,41-,44-,64+/m0/s1. The first kappa shape index (κ1) is 45.5. The number of thiophene rings is 1. The summed E-state index contributed by atoms with van der Waals surface area (Å²) in [5.74, 6) is -3.12. The first-order valence-electron chi connectivity index (χ1n) is 23.1. The predicted octanol–water partition coefficient (Wildman–Crippen LogP) is 7.96. The molecule has 4 saturated heterocycles. The van der Waals surface area contributed by atoms with Gasteiger partial charge in [-0.05, 0) is 119 Å². The number of benzene rings is 3. The van der Waals surface area contributed by atoms with E-state index >= 15 is 4.39 Å². The van der Waals surface area contributed by atoms with Gasteiger partial charge in [0.05, 0.1) is 30.7 Å². The number of alkyl halides is 1. The fourth-order valence-electron chi connectivity index (χ4n) is 10.3. The lowest BCUT2D eigenvalue weighted by Crippen LogP contribution is -2.60. The summed E-state index contributed by atoms with van der Waals surface area (Å²) in [5, 5.41) is 6.23. The average molecular weight is 928 g/mol. The van der Waals surface area contributed by atoms with Crippen molar-refractivity contribution in [1.29, 1.82) is 0 Å². The van der Waals surface area contributed by atoms with Crippen LogP contribution >= 0.6 is 18.9 Å². The quantitative estimate of drug-likeness (QED) is 0.0890. The molecule has 1 saturated carbocycles. The minimum atomic E-state index is -4.47. The Labute approximate surface area is 383 Å². The third-order valence-electron chi connectivity index (χ3n) is 14.2. The Morgan fingerprint density at radius 3 is 2.42 bits per heavy atom. The van der Waals surface area contributed by atoms with Gasteiger partial charge in [0.15, 0.2) is 0 Å². The van der Waals surface area contributed by atoms with Crippen LogP contribution in [-0.2, 0) is 28.4 Å². The molecule has 8 atom stereocenters. The molecule has 1 spiro atoms. The van der Waals surface area contributed by atoms with Crippen molar-refractivity contribution >= 4 is 52.6 Å². The maximum atomic E-state index is 16.7. The van der Waals surface area contributed by atoms with E-state index in [2.05, 4.69) is 39.4 Å². The number of nitrogens with zero attached hydrogens (tertiary/aromatic N) is 3. The van der Waals surface area contributed by atoms with Crippen LogP contribution in [0.25, 0.3) is 10.1 Å². The lowest BCUT2D eigenvalue weighted by Gasteiger charge is -2.44. The SMILES string of the molecule is CCCOC(=O)[C@H](C)N[P@](=O)(Oc1ccccc1)[C@H](F)c1ccc2sc(C(=O)N[C@H]3CC[C@H](N(C)C4COC4)C[C@H]4CC[C@@H](C(=O)N5C[C@@H](c6ccccc6)CC56CC6)N4C3=O)cc2c1. The van der Waals surface area contributed by atoms with Gasteiger partial charge in [0.25, 0.3) is 5.91 Å². The third kappa shape index (κ3) is 9.36. The summed E-state index contributed by atoms with van der Waals surface area (Å²) < 4.78 is 48.4. The first-order chi connectivity index (χ1) is 31.4. The molecular weight excluding hydrogens is 869 g/mol. The highest BCUT2D eigenvalue weighted by Crippen LogP contribution is 2.58. The molecule has 0 unspecified atom stereocenters. The van der Waals surface area contributed by atoms with Crippen molar-refractivity contribution < 1.29 is 42.1 Å². The summed E-state index contributed by atoms with van der Waals surface area (Å²) in [4.78, 5) is 63.3. The predicted molar refractivity (Wildman–Crippen MR) is 247 cm³/mol. The zero-order chi connectivity index (χ0) is 45.5. The summed E-state index contributed by atoms with van der Waals surface area (Å²) in [6.45, 7) is 5.40. The number of hydrogen-bond acceptors (Lipinski definition) is 10. The lowest BCUT2D eigenvalue weighted by atomic mass is 9.92. The molecule has 4 aliphatic heterocycles. The van der Waals surface area contributed by atoms with E-state index < -0.39 is 43.4 Å². The normalized spacial score (nSPS) is 25.9. The van der Waals surface area contributed by atoms with Gasteiger partial charge in [-0.2, -0.15) is 0 Å². The fourth-order valence-corrected chi connectivity index (χ4v) is 13.2. The average Bonchev–Trinajstić information content (AvgIpc) is 3.56. The van der Waals surface area contributed by atoms with E-state index in [1.54, 1.807) is 42.5 Å². The Morgan fingerprint density at radius 1 is 0.985 bits per heavy atom. The van der Waals surface area contributed by atoms with Crippen molar-refractivity contribution in [3.63, 3.8) is 0 Å². The summed E-state index contributed by atoms with van der Waals surface area (Å²) >= 11 is 1.20. The number of likely N-dealkylation sites (N-methyl/N-ethyl adjacent to an activating group) is 1. The van der Waals surface area contributed by atoms with Crippen LogP contribution in [0.3, 0.4) is 0 Å². The summed E-state index contributed by atoms with van der Waals surface area (Å²) in [6, 6.07) is 22.5. The van der Waals surface area contributed by atoms with Crippen molar-refractivity contribution in [2.45, 2.75) is 125 Å². The molecule has 13 nitrogen and oxygen atoms in total. The number of likely N-dealkylation sites (tertiary alicyclic amines) is 1. The number of para-hydroxylation sites is 1. The maximum absolute atomic E-state index is 16.7. The van der Waals surface area contributed by atoms with Gasteiger partial charge in [-0.3, -0.25) is 28.6 Å². The van der Waals surface area contributed by atoms with E-state index in [1.807, 2.05) is 30.0 Å². The number of amides is 3. The van der Waals surface area contributed by atoms with Crippen LogP contribution in [0.5, 0.6) is 5.75 Å². The van der Waals surface area contributed by atoms with Crippen LogP contribution in [-0.4, -0.2) is 114 Å². The van der Waals surface area contributed by atoms with E-state index in [-0.39, 0.29) is 59.3 Å². The molecule has 4 aromatic rings. The van der Waals surface area contributed by atoms with Crippen molar-refractivity contribution in [2.75, 3.05) is 33.4 Å². The van der Waals surface area contributed by atoms with Crippen LogP contribution in [0.15, 0.2) is 84.9 Å². The second-order valence-corrected chi connectivity index (χ2v) is 21.8. The van der Waals surface area contributed by atoms with Gasteiger partial charge in [0.1, 0.15) is 23.9 Å². The number of carbonyl (C=O) groups is 4. The summed E-state index contributed by atoms with van der Waals surface area (Å²) in [5.41, 5.74) is 1.11. The first-order valence-corrected chi connectivity index (χ1v) is 25.6. The lowest BCUT2D eigenvalue weighted by molar-refractivity contribution is -0.149. The molecule has 65 heavy (non-hydrogen) atoms. The van der Waals surface area contributed by atoms with E-state index in [0.717, 1.165) is 25.7 Å². The fraction of sp³-hybridized carbons (Fsp3) is 0.510. The second kappa shape index (κ2) is 18.9. The number of hydrogen-bond donors (Lipinski definition) is 2. The van der Waals surface area contributed by atoms with Crippen LogP contribution in [0.1, 0.15) is 104 Å². The molecule has 9 rings (SSSR count). The number of nitrogens with one attached hydrogen (secondary N) is 2. The monoisotopic (exact) mass is 927 g/mol. The highest BCUT2D eigenvalue weighted by Gasteiger charge is 2.59. The van der Waals surface area contributed by atoms with Gasteiger partial charge in [-0.15, -0.1) is 11.3 Å². The highest BCUT2D eigenvalue weighted by atomic mass is 32.1. The molecule has 2 N–H and O–H groups in total. The number of esters is 1. The Bertz CT molecular complexity index is 2430. The Hall–Kier alpha value is -4.66. The van der Waals surface area contributed by atoms with Gasteiger partial charge < -0.3 is 29.1 Å². The van der Waals surface area contributed by atoms with Crippen molar-refractivity contribution in [2.24, 2.45) is 0 Å². The van der Waals surface area contributed by atoms with Crippen molar-refractivity contribution in [1.82, 2.24) is 25.1 Å². The smallest absolute Gasteiger partial charge is 0.355 e. The largest absolute Gasteiger partial charge is 0.465 e. The van der Waals surface area contributed by atoms with Crippen LogP contribution in [0.4, 0.5) is 4.39 Å². The molecule has 5 heterocycles. The van der Waals surface area contributed by atoms with Gasteiger partial charge >= 0.3 is 13.5 Å². The van der Waals surface area contributed by atoms with E-state index in [0.29, 0.717) is 66.8 Å². The van der Waals surface area contributed by atoms with Crippen LogP contribution < -0.4 is 14.9 Å². The maximum Gasteiger partial charge on any atom is 0.355 e. The van der Waals surface area contributed by atoms with E-state index in [9.17, 15) is 23.7 Å². The van der Waals surface area contributed by atoms with Crippen molar-refractivity contribution in [3.05, 3.63) is 101 Å². The molecule has 3 amide bonds. The van der Waals surface area contributed by atoms with Crippen molar-refractivity contribution in [3.8, 4) is 5.75 Å². The minimum Gasteiger partial charge on any atom is -0.465 e. The number of carbonyl (C=O) groups excluding carboxylic acids is 4. The number of ether oxygens (including phenoxy) is 2. The van der Waals surface area contributed by atoms with Gasteiger partial charge in [0, 0.05) is 34.8 Å². The molecule has 346 valence electrons. The topological polar surface area (TPSA) is 147 Å². The Kier molecular flexibility index (Phi) is 13.2. The highest BCUT2D eigenvalue weighted by molar-refractivity contribution is 7.57. The summed E-state index contributed by atoms with van der Waals surface area (Å²) in [7, 11) is -2.35. The molecule has 16 heteroatoms. The minimum absolute atomic E-state index is 0.0194. The molecular formula is C49H59FN5O8PS. The molecule has 0 radical (unpaired) electrons. The molecule has 1 aliphatic carbocycles. The third-order valence-corrected chi connectivity index (χ3v) is 17.5. The van der Waals surface area contributed by atoms with Crippen LogP contribution in [0, 0.1) is 0 Å². The zero-order valence-electron chi connectivity index (χ0n) is 37.2. The van der Waals surface area contributed by atoms with Gasteiger partial charge in [0.2, 0.25) is 17.7 Å². The molecule has 1 aromatic heterocycles. The van der Waals surface area contributed by atoms with Gasteiger partial charge in [-0.1, -0.05) is 61.5 Å².